The van der Waals surface area contributed by atoms with Gasteiger partial charge in [-0.3, -0.25) is 4.79 Å². The number of imidazole rings is 1. The van der Waals surface area contributed by atoms with Crippen molar-refractivity contribution in [3.05, 3.63) is 40.6 Å². The first-order valence-electron chi connectivity index (χ1n) is 6.65. The van der Waals surface area contributed by atoms with Gasteiger partial charge in [0, 0.05) is 48.2 Å². The summed E-state index contributed by atoms with van der Waals surface area (Å²) in [5.74, 6) is 5.93. The van der Waals surface area contributed by atoms with Crippen LogP contribution in [-0.2, 0) is 17.9 Å². The summed E-state index contributed by atoms with van der Waals surface area (Å²) in [5.41, 5.74) is 6.31. The van der Waals surface area contributed by atoms with Gasteiger partial charge < -0.3 is 15.2 Å². The second kappa shape index (κ2) is 7.62. The van der Waals surface area contributed by atoms with Crippen molar-refractivity contribution in [1.29, 1.82) is 0 Å². The van der Waals surface area contributed by atoms with Crippen LogP contribution in [0.1, 0.15) is 16.9 Å². The van der Waals surface area contributed by atoms with Gasteiger partial charge in [0.1, 0.15) is 0 Å². The zero-order valence-corrected chi connectivity index (χ0v) is 12.8. The molecule has 0 saturated heterocycles. The predicted octanol–water partition coefficient (Wildman–Crippen LogP) is 1.30. The summed E-state index contributed by atoms with van der Waals surface area (Å²) in [6, 6.07) is 2.01. The number of rotatable bonds is 5. The molecule has 0 saturated carbocycles. The standard InChI is InChI=1S/C15H18N4OS/c1-18(15(20)4-7-19-8-6-17-12-19)10-14-9-13(11-21-14)3-2-5-16/h6,8-9,11-12H,4-5,7,10,16H2,1H3. The van der Waals surface area contributed by atoms with Gasteiger partial charge in [-0.1, -0.05) is 11.8 Å². The molecule has 0 aliphatic heterocycles. The van der Waals surface area contributed by atoms with E-state index in [9.17, 15) is 4.79 Å². The topological polar surface area (TPSA) is 64.2 Å². The zero-order chi connectivity index (χ0) is 15.1. The van der Waals surface area contributed by atoms with E-state index >= 15 is 0 Å². The lowest BCUT2D eigenvalue weighted by Crippen LogP contribution is -2.26. The maximum Gasteiger partial charge on any atom is 0.224 e. The molecule has 0 aliphatic carbocycles. The molecule has 0 spiro atoms. The maximum atomic E-state index is 12.1. The second-order valence-electron chi connectivity index (χ2n) is 4.61. The average Bonchev–Trinajstić information content (AvgIpc) is 3.14. The molecule has 2 heterocycles. The second-order valence-corrected chi connectivity index (χ2v) is 5.60. The number of nitrogens with two attached hydrogens (primary N) is 1. The highest BCUT2D eigenvalue weighted by atomic mass is 32.1. The van der Waals surface area contributed by atoms with Gasteiger partial charge in [0.05, 0.1) is 19.4 Å². The summed E-state index contributed by atoms with van der Waals surface area (Å²) < 4.78 is 1.90. The number of amides is 1. The molecule has 110 valence electrons. The van der Waals surface area contributed by atoms with Gasteiger partial charge in [0.25, 0.3) is 0 Å². The third-order valence-corrected chi connectivity index (χ3v) is 3.87. The van der Waals surface area contributed by atoms with E-state index in [0.717, 1.165) is 10.4 Å². The SMILES string of the molecule is CN(Cc1cc(C#CCN)cs1)C(=O)CCn1ccnc1. The number of carbonyl (C=O) groups excluding carboxylic acids is 1. The first-order valence-corrected chi connectivity index (χ1v) is 7.53. The van der Waals surface area contributed by atoms with Crippen molar-refractivity contribution in [3.63, 3.8) is 0 Å². The Morgan fingerprint density at radius 1 is 1.57 bits per heavy atom. The van der Waals surface area contributed by atoms with Crippen molar-refractivity contribution in [2.75, 3.05) is 13.6 Å². The fourth-order valence-corrected chi connectivity index (χ4v) is 2.71. The van der Waals surface area contributed by atoms with E-state index in [1.807, 2.05) is 29.3 Å². The molecule has 2 rings (SSSR count). The monoisotopic (exact) mass is 302 g/mol. The fourth-order valence-electron chi connectivity index (χ4n) is 1.84. The van der Waals surface area contributed by atoms with Crippen LogP contribution in [0.4, 0.5) is 0 Å². The van der Waals surface area contributed by atoms with E-state index in [1.165, 1.54) is 0 Å². The first-order chi connectivity index (χ1) is 10.2. The van der Waals surface area contributed by atoms with Crippen molar-refractivity contribution < 1.29 is 4.79 Å². The summed E-state index contributed by atoms with van der Waals surface area (Å²) in [5, 5.41) is 1.99. The van der Waals surface area contributed by atoms with Gasteiger partial charge in [0.15, 0.2) is 0 Å². The molecule has 0 fully saturated rings. The van der Waals surface area contributed by atoms with E-state index in [4.69, 9.17) is 5.73 Å². The lowest BCUT2D eigenvalue weighted by atomic mass is 10.3. The minimum atomic E-state index is 0.117. The normalized spacial score (nSPS) is 10.0. The van der Waals surface area contributed by atoms with Crippen LogP contribution >= 0.6 is 11.3 Å². The minimum absolute atomic E-state index is 0.117. The third kappa shape index (κ3) is 4.74. The lowest BCUT2D eigenvalue weighted by Gasteiger charge is -2.16. The molecule has 2 aromatic rings. The summed E-state index contributed by atoms with van der Waals surface area (Å²) >= 11 is 1.61. The Balaban J connectivity index is 1.84. The highest BCUT2D eigenvalue weighted by molar-refractivity contribution is 7.10. The van der Waals surface area contributed by atoms with Gasteiger partial charge >= 0.3 is 0 Å². The predicted molar refractivity (Wildman–Crippen MR) is 83.6 cm³/mol. The van der Waals surface area contributed by atoms with Crippen molar-refractivity contribution in [1.82, 2.24) is 14.5 Å². The molecule has 6 heteroatoms. The zero-order valence-electron chi connectivity index (χ0n) is 12.0. The Kier molecular flexibility index (Phi) is 5.55. The molecule has 2 aromatic heterocycles. The molecule has 0 radical (unpaired) electrons. The van der Waals surface area contributed by atoms with E-state index in [0.29, 0.717) is 26.1 Å². The van der Waals surface area contributed by atoms with E-state index in [1.54, 1.807) is 28.8 Å². The third-order valence-electron chi connectivity index (χ3n) is 2.95. The lowest BCUT2D eigenvalue weighted by molar-refractivity contribution is -0.130. The minimum Gasteiger partial charge on any atom is -0.341 e. The van der Waals surface area contributed by atoms with Crippen LogP contribution in [0.2, 0.25) is 0 Å². The van der Waals surface area contributed by atoms with Crippen molar-refractivity contribution >= 4 is 17.2 Å². The van der Waals surface area contributed by atoms with Crippen molar-refractivity contribution in [2.24, 2.45) is 5.73 Å². The Morgan fingerprint density at radius 2 is 2.43 bits per heavy atom. The highest BCUT2D eigenvalue weighted by Crippen LogP contribution is 2.16. The fraction of sp³-hybridized carbons (Fsp3) is 0.333. The number of carbonyl (C=O) groups is 1. The van der Waals surface area contributed by atoms with E-state index in [-0.39, 0.29) is 5.91 Å². The highest BCUT2D eigenvalue weighted by Gasteiger charge is 2.10. The van der Waals surface area contributed by atoms with Crippen LogP contribution in [0.3, 0.4) is 0 Å². The molecule has 0 bridgehead atoms. The molecule has 0 atom stereocenters. The van der Waals surface area contributed by atoms with E-state index in [2.05, 4.69) is 16.8 Å². The molecule has 0 aliphatic rings. The summed E-state index contributed by atoms with van der Waals surface area (Å²) in [7, 11) is 1.82. The van der Waals surface area contributed by atoms with Crippen molar-refractivity contribution in [2.45, 2.75) is 19.5 Å². The van der Waals surface area contributed by atoms with Gasteiger partial charge in [-0.05, 0) is 6.07 Å². The number of thiophene rings is 1. The van der Waals surface area contributed by atoms with Gasteiger partial charge in [-0.2, -0.15) is 0 Å². The first kappa shape index (κ1) is 15.3. The van der Waals surface area contributed by atoms with Crippen LogP contribution in [0.5, 0.6) is 0 Å². The number of hydrogen-bond acceptors (Lipinski definition) is 4. The molecular weight excluding hydrogens is 284 g/mol. The van der Waals surface area contributed by atoms with Gasteiger partial charge in [-0.15, -0.1) is 11.3 Å². The summed E-state index contributed by atoms with van der Waals surface area (Å²) in [6.07, 6.45) is 5.76. The molecule has 21 heavy (non-hydrogen) atoms. The number of nitrogens with zero attached hydrogens (tertiary/aromatic N) is 3. The Labute approximate surface area is 128 Å². The van der Waals surface area contributed by atoms with Gasteiger partial charge in [-0.25, -0.2) is 4.98 Å². The molecular formula is C15H18N4OS. The van der Waals surface area contributed by atoms with Crippen molar-refractivity contribution in [3.8, 4) is 11.8 Å². The Bertz CT molecular complexity index is 636. The van der Waals surface area contributed by atoms with Crippen LogP contribution in [0.15, 0.2) is 30.2 Å². The quantitative estimate of drug-likeness (QED) is 0.847. The summed E-state index contributed by atoms with van der Waals surface area (Å²) in [6.45, 7) is 1.62. The smallest absolute Gasteiger partial charge is 0.224 e. The molecule has 0 aromatic carbocycles. The van der Waals surface area contributed by atoms with Crippen LogP contribution in [0, 0.1) is 11.8 Å². The summed E-state index contributed by atoms with van der Waals surface area (Å²) in [4.78, 5) is 18.9. The molecule has 1 amide bonds. The number of aromatic nitrogens is 2. The number of hydrogen-bond donors (Lipinski definition) is 1. The molecule has 2 N–H and O–H groups in total. The van der Waals surface area contributed by atoms with Gasteiger partial charge in [0.2, 0.25) is 5.91 Å². The Hall–Kier alpha value is -2.10. The maximum absolute atomic E-state index is 12.1. The van der Waals surface area contributed by atoms with Crippen LogP contribution in [0.25, 0.3) is 0 Å². The molecule has 0 unspecified atom stereocenters. The average molecular weight is 302 g/mol. The van der Waals surface area contributed by atoms with Crippen LogP contribution < -0.4 is 5.73 Å². The van der Waals surface area contributed by atoms with E-state index < -0.39 is 0 Å². The largest absolute Gasteiger partial charge is 0.341 e. The molecule has 5 nitrogen and oxygen atoms in total. The Morgan fingerprint density at radius 3 is 3.14 bits per heavy atom. The van der Waals surface area contributed by atoms with Crippen LogP contribution in [-0.4, -0.2) is 34.0 Å². The number of aryl methyl sites for hydroxylation is 1.